The number of amides is 1. The Kier molecular flexibility index (Phi) is 3.73. The van der Waals surface area contributed by atoms with Gasteiger partial charge in [-0.3, -0.25) is 9.59 Å². The average Bonchev–Trinajstić information content (AvgIpc) is 3.09. The first kappa shape index (κ1) is 13.4. The van der Waals surface area contributed by atoms with E-state index in [-0.39, 0.29) is 5.91 Å². The monoisotopic (exact) mass is 283 g/mol. The minimum absolute atomic E-state index is 0.0518. The first-order valence-electron chi connectivity index (χ1n) is 7.01. The van der Waals surface area contributed by atoms with Crippen LogP contribution in [0.15, 0.2) is 42.6 Å². The van der Waals surface area contributed by atoms with Crippen molar-refractivity contribution in [1.29, 1.82) is 0 Å². The summed E-state index contributed by atoms with van der Waals surface area (Å²) in [4.78, 5) is 29.9. The summed E-state index contributed by atoms with van der Waals surface area (Å²) in [6.45, 7) is 3.00. The summed E-state index contributed by atoms with van der Waals surface area (Å²) in [6, 6.07) is 11.2. The standard InChI is InChI=1S/C16H17N3O2/c20-12-13-3-5-14(6-4-13)18-8-10-19(11-9-18)16(21)15-2-1-7-17-15/h1-7,12,17H,8-11H2. The highest BCUT2D eigenvalue weighted by atomic mass is 16.2. The highest BCUT2D eigenvalue weighted by Crippen LogP contribution is 2.17. The maximum Gasteiger partial charge on any atom is 0.270 e. The summed E-state index contributed by atoms with van der Waals surface area (Å²) in [5, 5.41) is 0. The van der Waals surface area contributed by atoms with E-state index < -0.39 is 0 Å². The molecule has 1 aromatic heterocycles. The zero-order valence-corrected chi connectivity index (χ0v) is 11.7. The number of H-pyrrole nitrogens is 1. The van der Waals surface area contributed by atoms with Crippen LogP contribution in [0.5, 0.6) is 0 Å². The number of piperazine rings is 1. The van der Waals surface area contributed by atoms with Crippen LogP contribution in [0.4, 0.5) is 5.69 Å². The van der Waals surface area contributed by atoms with Crippen molar-refractivity contribution in [3.8, 4) is 0 Å². The predicted octanol–water partition coefficient (Wildman–Crippen LogP) is 1.79. The molecular weight excluding hydrogens is 266 g/mol. The Morgan fingerprint density at radius 1 is 1.05 bits per heavy atom. The molecule has 0 unspecified atom stereocenters. The molecular formula is C16H17N3O2. The maximum atomic E-state index is 12.2. The molecule has 5 heteroatoms. The van der Waals surface area contributed by atoms with E-state index in [0.717, 1.165) is 25.1 Å². The fourth-order valence-corrected chi connectivity index (χ4v) is 2.57. The lowest BCUT2D eigenvalue weighted by atomic mass is 10.2. The lowest BCUT2D eigenvalue weighted by Gasteiger charge is -2.36. The van der Waals surface area contributed by atoms with Gasteiger partial charge in [-0.1, -0.05) is 0 Å². The van der Waals surface area contributed by atoms with Crippen LogP contribution in [0.25, 0.3) is 0 Å². The first-order chi connectivity index (χ1) is 10.3. The van der Waals surface area contributed by atoms with Gasteiger partial charge in [-0.15, -0.1) is 0 Å². The Morgan fingerprint density at radius 2 is 1.76 bits per heavy atom. The van der Waals surface area contributed by atoms with Crippen LogP contribution in [0, 0.1) is 0 Å². The lowest BCUT2D eigenvalue weighted by molar-refractivity contribution is 0.0741. The van der Waals surface area contributed by atoms with Gasteiger partial charge < -0.3 is 14.8 Å². The second-order valence-electron chi connectivity index (χ2n) is 5.07. The molecule has 5 nitrogen and oxygen atoms in total. The van der Waals surface area contributed by atoms with Gasteiger partial charge >= 0.3 is 0 Å². The number of rotatable bonds is 3. The Bertz CT molecular complexity index is 611. The number of aromatic nitrogens is 1. The number of carbonyl (C=O) groups is 2. The number of carbonyl (C=O) groups excluding carboxylic acids is 2. The highest BCUT2D eigenvalue weighted by molar-refractivity contribution is 5.92. The molecule has 3 rings (SSSR count). The van der Waals surface area contributed by atoms with E-state index in [0.29, 0.717) is 24.3 Å². The molecule has 1 aliphatic heterocycles. The van der Waals surface area contributed by atoms with Crippen molar-refractivity contribution >= 4 is 17.9 Å². The first-order valence-corrected chi connectivity index (χ1v) is 7.01. The van der Waals surface area contributed by atoms with E-state index in [9.17, 15) is 9.59 Å². The molecule has 0 atom stereocenters. The van der Waals surface area contributed by atoms with E-state index >= 15 is 0 Å². The average molecular weight is 283 g/mol. The number of aromatic amines is 1. The Balaban J connectivity index is 1.62. The van der Waals surface area contributed by atoms with E-state index in [1.807, 2.05) is 35.2 Å². The normalized spacial score (nSPS) is 15.0. The molecule has 2 heterocycles. The molecule has 0 radical (unpaired) electrons. The van der Waals surface area contributed by atoms with Crippen LogP contribution in [0.1, 0.15) is 20.8 Å². The Morgan fingerprint density at radius 3 is 2.33 bits per heavy atom. The number of aldehydes is 1. The Hall–Kier alpha value is -2.56. The van der Waals surface area contributed by atoms with E-state index in [1.54, 1.807) is 12.3 Å². The highest BCUT2D eigenvalue weighted by Gasteiger charge is 2.22. The molecule has 21 heavy (non-hydrogen) atoms. The van der Waals surface area contributed by atoms with Crippen LogP contribution in [0.3, 0.4) is 0 Å². The van der Waals surface area contributed by atoms with E-state index in [4.69, 9.17) is 0 Å². The van der Waals surface area contributed by atoms with Crippen molar-refractivity contribution in [1.82, 2.24) is 9.88 Å². The third-order valence-corrected chi connectivity index (χ3v) is 3.79. The zero-order valence-electron chi connectivity index (χ0n) is 11.7. The summed E-state index contributed by atoms with van der Waals surface area (Å²) in [7, 11) is 0. The summed E-state index contributed by atoms with van der Waals surface area (Å²) in [5.41, 5.74) is 2.41. The fourth-order valence-electron chi connectivity index (χ4n) is 2.57. The van der Waals surface area contributed by atoms with Gasteiger partial charge in [0.2, 0.25) is 0 Å². The van der Waals surface area contributed by atoms with Crippen LogP contribution < -0.4 is 4.90 Å². The molecule has 1 aromatic carbocycles. The van der Waals surface area contributed by atoms with Crippen LogP contribution >= 0.6 is 0 Å². The molecule has 0 aliphatic carbocycles. The molecule has 0 bridgehead atoms. The van der Waals surface area contributed by atoms with Crippen molar-refractivity contribution in [2.24, 2.45) is 0 Å². The van der Waals surface area contributed by atoms with Crippen molar-refractivity contribution in [3.63, 3.8) is 0 Å². The largest absolute Gasteiger partial charge is 0.368 e. The second-order valence-corrected chi connectivity index (χ2v) is 5.07. The molecule has 1 fully saturated rings. The third-order valence-electron chi connectivity index (χ3n) is 3.79. The number of nitrogens with zero attached hydrogens (tertiary/aromatic N) is 2. The van der Waals surface area contributed by atoms with E-state index in [1.165, 1.54) is 0 Å². The predicted molar refractivity (Wildman–Crippen MR) is 80.7 cm³/mol. The van der Waals surface area contributed by atoms with Gasteiger partial charge in [-0.05, 0) is 36.4 Å². The molecule has 1 saturated heterocycles. The number of anilines is 1. The van der Waals surface area contributed by atoms with Gasteiger partial charge in [0.15, 0.2) is 0 Å². The number of nitrogens with one attached hydrogen (secondary N) is 1. The van der Waals surface area contributed by atoms with Gasteiger partial charge in [0, 0.05) is 43.6 Å². The Labute approximate surface area is 123 Å². The van der Waals surface area contributed by atoms with Crippen LogP contribution in [-0.2, 0) is 0 Å². The number of benzene rings is 1. The minimum atomic E-state index is 0.0518. The number of hydrogen-bond donors (Lipinski definition) is 1. The number of hydrogen-bond acceptors (Lipinski definition) is 3. The molecule has 1 amide bonds. The summed E-state index contributed by atoms with van der Waals surface area (Å²) < 4.78 is 0. The molecule has 0 spiro atoms. The SMILES string of the molecule is O=Cc1ccc(N2CCN(C(=O)c3ccc[nH]3)CC2)cc1. The summed E-state index contributed by atoms with van der Waals surface area (Å²) >= 11 is 0. The van der Waals surface area contributed by atoms with Crippen molar-refractivity contribution in [2.75, 3.05) is 31.1 Å². The van der Waals surface area contributed by atoms with E-state index in [2.05, 4.69) is 9.88 Å². The van der Waals surface area contributed by atoms with Gasteiger partial charge in [0.05, 0.1) is 0 Å². The topological polar surface area (TPSA) is 56.4 Å². The smallest absolute Gasteiger partial charge is 0.270 e. The van der Waals surface area contributed by atoms with Crippen LogP contribution in [-0.4, -0.2) is 48.3 Å². The van der Waals surface area contributed by atoms with Crippen molar-refractivity contribution in [2.45, 2.75) is 0 Å². The summed E-state index contributed by atoms with van der Waals surface area (Å²) in [6.07, 6.45) is 2.61. The third kappa shape index (κ3) is 2.81. The quantitative estimate of drug-likeness (QED) is 0.874. The van der Waals surface area contributed by atoms with Crippen molar-refractivity contribution < 1.29 is 9.59 Å². The molecule has 0 saturated carbocycles. The lowest BCUT2D eigenvalue weighted by Crippen LogP contribution is -2.48. The molecule has 2 aromatic rings. The van der Waals surface area contributed by atoms with Crippen molar-refractivity contribution in [3.05, 3.63) is 53.9 Å². The molecule has 108 valence electrons. The second kappa shape index (κ2) is 5.83. The molecule has 1 N–H and O–H groups in total. The summed E-state index contributed by atoms with van der Waals surface area (Å²) in [5.74, 6) is 0.0518. The van der Waals surface area contributed by atoms with Gasteiger partial charge in [-0.2, -0.15) is 0 Å². The maximum absolute atomic E-state index is 12.2. The van der Waals surface area contributed by atoms with Crippen LogP contribution in [0.2, 0.25) is 0 Å². The molecule has 1 aliphatic rings. The minimum Gasteiger partial charge on any atom is -0.368 e. The van der Waals surface area contributed by atoms with Gasteiger partial charge in [0.25, 0.3) is 5.91 Å². The fraction of sp³-hybridized carbons (Fsp3) is 0.250. The zero-order chi connectivity index (χ0) is 14.7. The van der Waals surface area contributed by atoms with Gasteiger partial charge in [0.1, 0.15) is 12.0 Å². The van der Waals surface area contributed by atoms with Gasteiger partial charge in [-0.25, -0.2) is 0 Å².